The molecule has 0 unspecified atom stereocenters. The summed E-state index contributed by atoms with van der Waals surface area (Å²) in [6.45, 7) is -0.347. The summed E-state index contributed by atoms with van der Waals surface area (Å²) < 4.78 is 17.8. The molecule has 0 aliphatic rings. The van der Waals surface area contributed by atoms with Gasteiger partial charge in [0.2, 0.25) is 0 Å². The number of amides is 1. The lowest BCUT2D eigenvalue weighted by Gasteiger charge is -2.04. The zero-order chi connectivity index (χ0) is 17.5. The van der Waals surface area contributed by atoms with Crippen molar-refractivity contribution in [2.45, 2.75) is 0 Å². The third kappa shape index (κ3) is 5.03. The Morgan fingerprint density at radius 3 is 2.71 bits per heavy atom. The molecule has 2 aromatic rings. The van der Waals surface area contributed by atoms with Crippen LogP contribution in [0.15, 0.2) is 47.6 Å². The van der Waals surface area contributed by atoms with Crippen LogP contribution in [0.25, 0.3) is 0 Å². The predicted octanol–water partition coefficient (Wildman–Crippen LogP) is 2.92. The molecule has 7 nitrogen and oxygen atoms in total. The maximum absolute atomic E-state index is 12.7. The molecule has 24 heavy (non-hydrogen) atoms. The summed E-state index contributed by atoms with van der Waals surface area (Å²) in [6, 6.07) is 9.12. The summed E-state index contributed by atoms with van der Waals surface area (Å²) >= 11 is 5.77. The predicted molar refractivity (Wildman–Crippen MR) is 85.7 cm³/mol. The molecule has 2 rings (SSSR count). The minimum Gasteiger partial charge on any atom is -0.484 e. The second kappa shape index (κ2) is 8.02. The van der Waals surface area contributed by atoms with Crippen LogP contribution in [-0.4, -0.2) is 23.7 Å². The number of ether oxygens (including phenoxy) is 1. The molecule has 0 saturated heterocycles. The maximum atomic E-state index is 12.7. The Hall–Kier alpha value is -3.00. The van der Waals surface area contributed by atoms with Gasteiger partial charge in [0.1, 0.15) is 11.6 Å². The molecule has 9 heteroatoms. The SMILES string of the molecule is O=C(COc1ccc(F)cc1)N/N=C\c1cc(Cl)ccc1[N+](=O)[O-]. The Bertz CT molecular complexity index is 781. The molecule has 1 N–H and O–H groups in total. The summed E-state index contributed by atoms with van der Waals surface area (Å²) in [5.74, 6) is -0.680. The number of carbonyl (C=O) groups excluding carboxylic acids is 1. The van der Waals surface area contributed by atoms with E-state index in [1.54, 1.807) is 0 Å². The first kappa shape index (κ1) is 17.4. The number of hydrogen-bond donors (Lipinski definition) is 1. The number of nitrogens with zero attached hydrogens (tertiary/aromatic N) is 2. The van der Waals surface area contributed by atoms with Crippen molar-refractivity contribution >= 4 is 29.4 Å². The Morgan fingerprint density at radius 2 is 2.04 bits per heavy atom. The highest BCUT2D eigenvalue weighted by Crippen LogP contribution is 2.20. The molecule has 1 amide bonds. The van der Waals surface area contributed by atoms with Gasteiger partial charge in [-0.15, -0.1) is 0 Å². The van der Waals surface area contributed by atoms with Crippen molar-refractivity contribution in [1.29, 1.82) is 0 Å². The molecular formula is C15H11ClFN3O4. The van der Waals surface area contributed by atoms with Gasteiger partial charge in [-0.05, 0) is 36.4 Å². The van der Waals surface area contributed by atoms with E-state index in [1.165, 1.54) is 42.5 Å². The van der Waals surface area contributed by atoms with Gasteiger partial charge in [-0.25, -0.2) is 9.82 Å². The van der Waals surface area contributed by atoms with Crippen LogP contribution >= 0.6 is 11.6 Å². The lowest BCUT2D eigenvalue weighted by atomic mass is 10.2. The molecule has 0 radical (unpaired) electrons. The molecule has 0 spiro atoms. The summed E-state index contributed by atoms with van der Waals surface area (Å²) in [5, 5.41) is 14.8. The standard InChI is InChI=1S/C15H11ClFN3O4/c16-11-1-6-14(20(22)23)10(7-11)8-18-19-15(21)9-24-13-4-2-12(17)3-5-13/h1-8H,9H2,(H,19,21)/b18-8-. The van der Waals surface area contributed by atoms with Crippen LogP contribution in [0.4, 0.5) is 10.1 Å². The van der Waals surface area contributed by atoms with Gasteiger partial charge in [-0.1, -0.05) is 11.6 Å². The van der Waals surface area contributed by atoms with E-state index in [4.69, 9.17) is 16.3 Å². The average molecular weight is 352 g/mol. The van der Waals surface area contributed by atoms with E-state index in [-0.39, 0.29) is 17.9 Å². The van der Waals surface area contributed by atoms with E-state index in [1.807, 2.05) is 0 Å². The second-order valence-corrected chi connectivity index (χ2v) is 4.93. The zero-order valence-corrected chi connectivity index (χ0v) is 12.9. The van der Waals surface area contributed by atoms with Crippen LogP contribution in [0.3, 0.4) is 0 Å². The van der Waals surface area contributed by atoms with Gasteiger partial charge in [-0.3, -0.25) is 14.9 Å². The normalized spacial score (nSPS) is 10.6. The van der Waals surface area contributed by atoms with Crippen molar-refractivity contribution in [3.63, 3.8) is 0 Å². The Kier molecular flexibility index (Phi) is 5.80. The quantitative estimate of drug-likeness (QED) is 0.492. The molecule has 0 fully saturated rings. The van der Waals surface area contributed by atoms with Gasteiger partial charge < -0.3 is 4.74 Å². The van der Waals surface area contributed by atoms with E-state index in [9.17, 15) is 19.3 Å². The van der Waals surface area contributed by atoms with Crippen molar-refractivity contribution in [2.75, 3.05) is 6.61 Å². The first-order valence-electron chi connectivity index (χ1n) is 6.60. The molecule has 124 valence electrons. The van der Waals surface area contributed by atoms with Crippen LogP contribution in [-0.2, 0) is 4.79 Å². The summed E-state index contributed by atoms with van der Waals surface area (Å²) in [7, 11) is 0. The number of nitro groups is 1. The molecule has 0 saturated carbocycles. The van der Waals surface area contributed by atoms with E-state index < -0.39 is 16.6 Å². The molecular weight excluding hydrogens is 341 g/mol. The Balaban J connectivity index is 1.91. The zero-order valence-electron chi connectivity index (χ0n) is 12.1. The molecule has 0 bridgehead atoms. The number of nitrogens with one attached hydrogen (secondary N) is 1. The lowest BCUT2D eigenvalue weighted by Crippen LogP contribution is -2.24. The number of rotatable bonds is 6. The monoisotopic (exact) mass is 351 g/mol. The van der Waals surface area contributed by atoms with Gasteiger partial charge in [0.25, 0.3) is 11.6 Å². The van der Waals surface area contributed by atoms with E-state index >= 15 is 0 Å². The second-order valence-electron chi connectivity index (χ2n) is 4.50. The van der Waals surface area contributed by atoms with Gasteiger partial charge in [0, 0.05) is 11.1 Å². The number of nitro benzene ring substituents is 1. The summed E-state index contributed by atoms with van der Waals surface area (Å²) in [5.41, 5.74) is 2.12. The van der Waals surface area contributed by atoms with Gasteiger partial charge in [0.15, 0.2) is 6.61 Å². The Labute approximate surface area is 140 Å². The van der Waals surface area contributed by atoms with Crippen molar-refractivity contribution in [3.8, 4) is 5.75 Å². The molecule has 0 atom stereocenters. The van der Waals surface area contributed by atoms with Gasteiger partial charge >= 0.3 is 0 Å². The minimum atomic E-state index is -0.586. The van der Waals surface area contributed by atoms with Crippen LogP contribution in [0.2, 0.25) is 5.02 Å². The summed E-state index contributed by atoms with van der Waals surface area (Å²) in [4.78, 5) is 21.9. The number of hydrogen-bond acceptors (Lipinski definition) is 5. The fourth-order valence-electron chi connectivity index (χ4n) is 1.68. The highest BCUT2D eigenvalue weighted by molar-refractivity contribution is 6.31. The third-order valence-electron chi connectivity index (χ3n) is 2.76. The van der Waals surface area contributed by atoms with E-state index in [0.29, 0.717) is 10.8 Å². The molecule has 0 aliphatic carbocycles. The first-order valence-corrected chi connectivity index (χ1v) is 6.98. The van der Waals surface area contributed by atoms with Crippen LogP contribution in [0.1, 0.15) is 5.56 Å². The van der Waals surface area contributed by atoms with E-state index in [0.717, 1.165) is 6.21 Å². The topological polar surface area (TPSA) is 93.8 Å². The third-order valence-corrected chi connectivity index (χ3v) is 3.00. The number of halogens is 2. The van der Waals surface area contributed by atoms with Crippen molar-refractivity contribution in [3.05, 3.63) is 69.0 Å². The fraction of sp³-hybridized carbons (Fsp3) is 0.0667. The number of benzene rings is 2. The number of hydrazone groups is 1. The Morgan fingerprint density at radius 1 is 1.33 bits per heavy atom. The van der Waals surface area contributed by atoms with Crippen molar-refractivity contribution in [2.24, 2.45) is 5.10 Å². The van der Waals surface area contributed by atoms with Crippen molar-refractivity contribution < 1.29 is 18.8 Å². The minimum absolute atomic E-state index is 0.146. The molecule has 0 aliphatic heterocycles. The lowest BCUT2D eigenvalue weighted by molar-refractivity contribution is -0.385. The van der Waals surface area contributed by atoms with Crippen molar-refractivity contribution in [1.82, 2.24) is 5.43 Å². The van der Waals surface area contributed by atoms with Crippen LogP contribution in [0.5, 0.6) is 5.75 Å². The van der Waals surface area contributed by atoms with Gasteiger partial charge in [0.05, 0.1) is 16.7 Å². The largest absolute Gasteiger partial charge is 0.484 e. The molecule has 0 heterocycles. The number of carbonyl (C=O) groups is 1. The first-order chi connectivity index (χ1) is 11.5. The molecule has 0 aromatic heterocycles. The van der Waals surface area contributed by atoms with Crippen LogP contribution in [0, 0.1) is 15.9 Å². The highest BCUT2D eigenvalue weighted by atomic mass is 35.5. The smallest absolute Gasteiger partial charge is 0.278 e. The fourth-order valence-corrected chi connectivity index (χ4v) is 1.86. The average Bonchev–Trinajstić information content (AvgIpc) is 2.54. The molecule has 2 aromatic carbocycles. The highest BCUT2D eigenvalue weighted by Gasteiger charge is 2.12. The van der Waals surface area contributed by atoms with E-state index in [2.05, 4.69) is 10.5 Å². The van der Waals surface area contributed by atoms with Gasteiger partial charge in [-0.2, -0.15) is 5.10 Å². The maximum Gasteiger partial charge on any atom is 0.278 e. The van der Waals surface area contributed by atoms with Crippen LogP contribution < -0.4 is 10.2 Å². The summed E-state index contributed by atoms with van der Waals surface area (Å²) in [6.07, 6.45) is 1.11.